The molecule has 1 saturated heterocycles. The van der Waals surface area contributed by atoms with E-state index in [1.54, 1.807) is 17.8 Å². The first kappa shape index (κ1) is 18.2. The van der Waals surface area contributed by atoms with Gasteiger partial charge in [0.25, 0.3) is 5.91 Å². The average molecular weight is 357 g/mol. The predicted molar refractivity (Wildman–Crippen MR) is 98.5 cm³/mol. The molecule has 1 atom stereocenters. The Hall–Kier alpha value is -2.57. The minimum atomic E-state index is -0.118. The van der Waals surface area contributed by atoms with Gasteiger partial charge < -0.3 is 14.8 Å². The summed E-state index contributed by atoms with van der Waals surface area (Å²) in [5.74, 6) is -0.0267. The Labute approximate surface area is 154 Å². The average Bonchev–Trinajstić information content (AvgIpc) is 3.16. The predicted octanol–water partition coefficient (Wildman–Crippen LogP) is 2.07. The van der Waals surface area contributed by atoms with E-state index in [1.807, 2.05) is 42.6 Å². The number of carbonyl (C=O) groups is 2. The summed E-state index contributed by atoms with van der Waals surface area (Å²) in [5.41, 5.74) is 3.67. The number of piperidine rings is 1. The molecule has 140 valence electrons. The molecule has 0 unspecified atom stereocenters. The summed E-state index contributed by atoms with van der Waals surface area (Å²) in [7, 11) is 3.78. The SMILES string of the molecule is CC(=O)N1CCCC[C@@H]1c1ccc(C(=O)NCc2cnn(C)c2C)n1C. The number of amides is 2. The second-order valence-electron chi connectivity index (χ2n) is 6.99. The van der Waals surface area contributed by atoms with Crippen LogP contribution in [0.4, 0.5) is 0 Å². The zero-order valence-corrected chi connectivity index (χ0v) is 16.0. The van der Waals surface area contributed by atoms with Crippen molar-refractivity contribution in [3.63, 3.8) is 0 Å². The lowest BCUT2D eigenvalue weighted by Gasteiger charge is -2.35. The third-order valence-corrected chi connectivity index (χ3v) is 5.42. The molecule has 1 N–H and O–H groups in total. The van der Waals surface area contributed by atoms with E-state index in [-0.39, 0.29) is 17.9 Å². The normalized spacial score (nSPS) is 17.4. The van der Waals surface area contributed by atoms with Crippen LogP contribution < -0.4 is 5.32 Å². The minimum Gasteiger partial charge on any atom is -0.347 e. The topological polar surface area (TPSA) is 72.2 Å². The van der Waals surface area contributed by atoms with Crippen molar-refractivity contribution in [2.24, 2.45) is 14.1 Å². The molecule has 0 spiro atoms. The number of carbonyl (C=O) groups excluding carboxylic acids is 2. The molecule has 0 aromatic carbocycles. The van der Waals surface area contributed by atoms with Gasteiger partial charge in [0, 0.05) is 51.1 Å². The van der Waals surface area contributed by atoms with E-state index in [0.29, 0.717) is 12.2 Å². The van der Waals surface area contributed by atoms with Crippen LogP contribution in [0, 0.1) is 6.92 Å². The van der Waals surface area contributed by atoms with Crippen molar-refractivity contribution < 1.29 is 9.59 Å². The van der Waals surface area contributed by atoms with E-state index in [2.05, 4.69) is 10.4 Å². The third kappa shape index (κ3) is 3.38. The number of rotatable bonds is 4. The Kier molecular flexibility index (Phi) is 5.15. The van der Waals surface area contributed by atoms with Crippen LogP contribution in [0.3, 0.4) is 0 Å². The van der Waals surface area contributed by atoms with Crippen LogP contribution in [0.5, 0.6) is 0 Å². The molecule has 0 aliphatic carbocycles. The molecular formula is C19H27N5O2. The summed E-state index contributed by atoms with van der Waals surface area (Å²) < 4.78 is 3.71. The molecule has 0 saturated carbocycles. The minimum absolute atomic E-state index is 0.0494. The Morgan fingerprint density at radius 3 is 2.69 bits per heavy atom. The largest absolute Gasteiger partial charge is 0.347 e. The van der Waals surface area contributed by atoms with E-state index < -0.39 is 0 Å². The number of hydrogen-bond acceptors (Lipinski definition) is 3. The molecular weight excluding hydrogens is 330 g/mol. The summed E-state index contributed by atoms with van der Waals surface area (Å²) in [6.45, 7) is 4.83. The fourth-order valence-corrected chi connectivity index (χ4v) is 3.69. The molecule has 2 aromatic rings. The lowest BCUT2D eigenvalue weighted by Crippen LogP contribution is -2.38. The van der Waals surface area contributed by atoms with Crippen molar-refractivity contribution >= 4 is 11.8 Å². The molecule has 1 aliphatic rings. The first-order valence-electron chi connectivity index (χ1n) is 9.08. The van der Waals surface area contributed by atoms with Gasteiger partial charge in [-0.3, -0.25) is 14.3 Å². The number of hydrogen-bond donors (Lipinski definition) is 1. The summed E-state index contributed by atoms with van der Waals surface area (Å²) in [6, 6.07) is 3.86. The molecule has 26 heavy (non-hydrogen) atoms. The zero-order valence-electron chi connectivity index (χ0n) is 16.0. The smallest absolute Gasteiger partial charge is 0.268 e. The van der Waals surface area contributed by atoms with Crippen LogP contribution in [0.2, 0.25) is 0 Å². The highest BCUT2D eigenvalue weighted by atomic mass is 16.2. The van der Waals surface area contributed by atoms with Crippen molar-refractivity contribution in [2.75, 3.05) is 6.54 Å². The number of nitrogens with zero attached hydrogens (tertiary/aromatic N) is 4. The van der Waals surface area contributed by atoms with Crippen molar-refractivity contribution in [1.82, 2.24) is 24.6 Å². The molecule has 0 bridgehead atoms. The zero-order chi connectivity index (χ0) is 18.8. The molecule has 2 amide bonds. The molecule has 3 heterocycles. The van der Waals surface area contributed by atoms with Crippen LogP contribution in [-0.2, 0) is 25.4 Å². The first-order valence-corrected chi connectivity index (χ1v) is 9.08. The Bertz CT molecular complexity index is 820. The summed E-state index contributed by atoms with van der Waals surface area (Å²) in [6.07, 6.45) is 4.85. The maximum Gasteiger partial charge on any atom is 0.268 e. The molecule has 0 radical (unpaired) electrons. The van der Waals surface area contributed by atoms with Crippen molar-refractivity contribution in [3.8, 4) is 0 Å². The van der Waals surface area contributed by atoms with Gasteiger partial charge in [0.1, 0.15) is 5.69 Å². The maximum atomic E-state index is 12.6. The van der Waals surface area contributed by atoms with Gasteiger partial charge in [-0.25, -0.2) is 0 Å². The summed E-state index contributed by atoms with van der Waals surface area (Å²) in [5, 5.41) is 7.16. The fraction of sp³-hybridized carbons (Fsp3) is 0.526. The Morgan fingerprint density at radius 1 is 1.27 bits per heavy atom. The lowest BCUT2D eigenvalue weighted by molar-refractivity contribution is -0.132. The van der Waals surface area contributed by atoms with Crippen LogP contribution in [-0.4, -0.2) is 37.6 Å². The second-order valence-corrected chi connectivity index (χ2v) is 6.99. The van der Waals surface area contributed by atoms with E-state index in [0.717, 1.165) is 42.8 Å². The van der Waals surface area contributed by atoms with Crippen LogP contribution >= 0.6 is 0 Å². The number of aryl methyl sites for hydroxylation is 1. The van der Waals surface area contributed by atoms with E-state index in [4.69, 9.17) is 0 Å². The van der Waals surface area contributed by atoms with Gasteiger partial charge in [0.05, 0.1) is 12.2 Å². The monoisotopic (exact) mass is 357 g/mol. The summed E-state index contributed by atoms with van der Waals surface area (Å²) in [4.78, 5) is 26.5. The second kappa shape index (κ2) is 7.35. The Balaban J connectivity index is 1.74. The van der Waals surface area contributed by atoms with Gasteiger partial charge in [0.15, 0.2) is 0 Å². The highest BCUT2D eigenvalue weighted by Crippen LogP contribution is 2.31. The highest BCUT2D eigenvalue weighted by Gasteiger charge is 2.28. The third-order valence-electron chi connectivity index (χ3n) is 5.42. The van der Waals surface area contributed by atoms with Gasteiger partial charge in [0.2, 0.25) is 5.91 Å². The van der Waals surface area contributed by atoms with E-state index >= 15 is 0 Å². The van der Waals surface area contributed by atoms with Crippen LogP contribution in [0.1, 0.15) is 59.7 Å². The van der Waals surface area contributed by atoms with E-state index in [1.165, 1.54) is 0 Å². The van der Waals surface area contributed by atoms with Crippen LogP contribution in [0.25, 0.3) is 0 Å². The van der Waals surface area contributed by atoms with Crippen molar-refractivity contribution in [1.29, 1.82) is 0 Å². The Morgan fingerprint density at radius 2 is 2.04 bits per heavy atom. The first-order chi connectivity index (χ1) is 12.4. The lowest BCUT2D eigenvalue weighted by atomic mass is 9.99. The molecule has 7 nitrogen and oxygen atoms in total. The highest BCUT2D eigenvalue weighted by molar-refractivity contribution is 5.92. The van der Waals surface area contributed by atoms with Gasteiger partial charge in [-0.05, 0) is 38.3 Å². The molecule has 7 heteroatoms. The van der Waals surface area contributed by atoms with Crippen molar-refractivity contribution in [3.05, 3.63) is 41.0 Å². The molecule has 2 aromatic heterocycles. The number of nitrogens with one attached hydrogen (secondary N) is 1. The van der Waals surface area contributed by atoms with E-state index in [9.17, 15) is 9.59 Å². The maximum absolute atomic E-state index is 12.6. The quantitative estimate of drug-likeness (QED) is 0.910. The van der Waals surface area contributed by atoms with Crippen molar-refractivity contribution in [2.45, 2.75) is 45.7 Å². The number of likely N-dealkylation sites (tertiary alicyclic amines) is 1. The van der Waals surface area contributed by atoms with Gasteiger partial charge in [-0.2, -0.15) is 5.10 Å². The summed E-state index contributed by atoms with van der Waals surface area (Å²) >= 11 is 0. The van der Waals surface area contributed by atoms with Gasteiger partial charge >= 0.3 is 0 Å². The fourth-order valence-electron chi connectivity index (χ4n) is 3.69. The molecule has 1 fully saturated rings. The molecule has 1 aliphatic heterocycles. The standard InChI is InChI=1S/C19H27N5O2/c1-13-15(12-21-23(13)4)11-20-19(26)18-9-8-16(22(18)3)17-7-5-6-10-24(17)14(2)25/h8-9,12,17H,5-7,10-11H2,1-4H3,(H,20,26)/t17-/m1/s1. The van der Waals surface area contributed by atoms with Gasteiger partial charge in [-0.15, -0.1) is 0 Å². The van der Waals surface area contributed by atoms with Crippen LogP contribution in [0.15, 0.2) is 18.3 Å². The number of aromatic nitrogens is 3. The van der Waals surface area contributed by atoms with Gasteiger partial charge in [-0.1, -0.05) is 0 Å². The molecule has 3 rings (SSSR count).